The number of likely N-dealkylation sites (N-methyl/N-ethyl adjacent to an activating group) is 1. The first-order valence-corrected chi connectivity index (χ1v) is 14.2. The third kappa shape index (κ3) is 3.41. The Morgan fingerprint density at radius 2 is 1.95 bits per heavy atom. The van der Waals surface area contributed by atoms with Gasteiger partial charge in [0.05, 0.1) is 17.1 Å². The Kier molecular flexibility index (Phi) is 5.39. The van der Waals surface area contributed by atoms with E-state index in [-0.39, 0.29) is 29.8 Å². The molecule has 37 heavy (non-hydrogen) atoms. The highest BCUT2D eigenvalue weighted by atomic mass is 16.5. The number of carbonyl (C=O) groups is 1. The van der Waals surface area contributed by atoms with Gasteiger partial charge in [0, 0.05) is 31.6 Å². The predicted octanol–water partition coefficient (Wildman–Crippen LogP) is 3.81. The molecule has 7 rings (SSSR count). The Bertz CT molecular complexity index is 1210. The molecule has 0 radical (unpaired) electrons. The Hall–Kier alpha value is -2.57. The lowest BCUT2D eigenvalue weighted by atomic mass is 9.48. The van der Waals surface area contributed by atoms with Gasteiger partial charge in [0.15, 0.2) is 11.5 Å². The summed E-state index contributed by atoms with van der Waals surface area (Å²) in [5.74, 6) is 1.59. The molecule has 2 aromatic rings. The van der Waals surface area contributed by atoms with Crippen LogP contribution < -0.4 is 4.74 Å². The molecule has 6 nitrogen and oxygen atoms in total. The number of hydrogen-bond acceptors (Lipinski definition) is 5. The van der Waals surface area contributed by atoms with Gasteiger partial charge in [-0.05, 0) is 81.0 Å². The normalized spacial score (nSPS) is 33.5. The smallest absolute Gasteiger partial charge is 0.222 e. The van der Waals surface area contributed by atoms with Crippen LogP contribution in [-0.2, 0) is 23.1 Å². The number of rotatable bonds is 7. The van der Waals surface area contributed by atoms with Crippen molar-refractivity contribution in [2.24, 2.45) is 5.92 Å². The SMILES string of the molecule is CN(C(=O)CCCc1ccccc1)[C@@H]1CC[C@@]2(O)[C@H]3Cc4ccc(O)c5c4[C@@]2(CCN3CC2CC2)[C@H]1O5. The highest BCUT2D eigenvalue weighted by Crippen LogP contribution is 2.66. The number of carbonyl (C=O) groups excluding carboxylic acids is 1. The lowest BCUT2D eigenvalue weighted by molar-refractivity contribution is -0.200. The van der Waals surface area contributed by atoms with Crippen molar-refractivity contribution >= 4 is 5.91 Å². The van der Waals surface area contributed by atoms with E-state index in [9.17, 15) is 15.0 Å². The minimum absolute atomic E-state index is 0.0590. The van der Waals surface area contributed by atoms with E-state index in [4.69, 9.17) is 4.74 Å². The van der Waals surface area contributed by atoms with Gasteiger partial charge in [-0.15, -0.1) is 0 Å². The molecular weight excluding hydrogens is 464 g/mol. The van der Waals surface area contributed by atoms with E-state index < -0.39 is 11.0 Å². The van der Waals surface area contributed by atoms with Gasteiger partial charge in [0.2, 0.25) is 5.91 Å². The molecule has 2 aromatic carbocycles. The summed E-state index contributed by atoms with van der Waals surface area (Å²) >= 11 is 0. The van der Waals surface area contributed by atoms with E-state index in [1.807, 2.05) is 36.2 Å². The van der Waals surface area contributed by atoms with Crippen LogP contribution in [0.4, 0.5) is 0 Å². The number of phenolic OH excluding ortho intramolecular Hbond substituents is 1. The van der Waals surface area contributed by atoms with E-state index >= 15 is 0 Å². The number of aliphatic hydroxyl groups is 1. The molecule has 3 aliphatic carbocycles. The Morgan fingerprint density at radius 3 is 2.73 bits per heavy atom. The fourth-order valence-corrected chi connectivity index (χ4v) is 8.30. The molecule has 2 saturated carbocycles. The summed E-state index contributed by atoms with van der Waals surface area (Å²) in [6.07, 6.45) is 7.39. The number of aromatic hydroxyl groups is 1. The average molecular weight is 503 g/mol. The zero-order valence-electron chi connectivity index (χ0n) is 21.7. The molecule has 0 aromatic heterocycles. The summed E-state index contributed by atoms with van der Waals surface area (Å²) in [6.45, 7) is 2.00. The van der Waals surface area contributed by atoms with Crippen molar-refractivity contribution in [2.45, 2.75) is 87.0 Å². The van der Waals surface area contributed by atoms with Crippen LogP contribution in [0.15, 0.2) is 42.5 Å². The summed E-state index contributed by atoms with van der Waals surface area (Å²) < 4.78 is 6.64. The van der Waals surface area contributed by atoms with Crippen molar-refractivity contribution in [3.05, 3.63) is 59.2 Å². The van der Waals surface area contributed by atoms with Gasteiger partial charge in [0.25, 0.3) is 0 Å². The van der Waals surface area contributed by atoms with E-state index in [1.54, 1.807) is 6.07 Å². The first-order chi connectivity index (χ1) is 17.9. The molecule has 0 unspecified atom stereocenters. The highest BCUT2D eigenvalue weighted by molar-refractivity contribution is 5.76. The van der Waals surface area contributed by atoms with Crippen molar-refractivity contribution in [1.29, 1.82) is 0 Å². The van der Waals surface area contributed by atoms with Crippen molar-refractivity contribution in [2.75, 3.05) is 20.1 Å². The molecule has 1 saturated heterocycles. The third-order valence-electron chi connectivity index (χ3n) is 10.3. The summed E-state index contributed by atoms with van der Waals surface area (Å²) in [6, 6.07) is 14.0. The van der Waals surface area contributed by atoms with Crippen LogP contribution in [0.1, 0.15) is 61.6 Å². The van der Waals surface area contributed by atoms with Crippen LogP contribution in [0.2, 0.25) is 0 Å². The second-order valence-electron chi connectivity index (χ2n) is 12.2. The van der Waals surface area contributed by atoms with Crippen molar-refractivity contribution in [3.63, 3.8) is 0 Å². The number of aryl methyl sites for hydroxylation is 1. The van der Waals surface area contributed by atoms with Gasteiger partial charge < -0.3 is 19.8 Å². The molecule has 1 spiro atoms. The Labute approximate surface area is 219 Å². The third-order valence-corrected chi connectivity index (χ3v) is 10.3. The molecule has 2 aliphatic heterocycles. The van der Waals surface area contributed by atoms with E-state index in [1.165, 1.54) is 24.0 Å². The molecule has 1 amide bonds. The number of benzene rings is 2. The van der Waals surface area contributed by atoms with E-state index in [0.717, 1.165) is 50.3 Å². The zero-order chi connectivity index (χ0) is 25.4. The lowest BCUT2D eigenvalue weighted by Crippen LogP contribution is -2.78. The van der Waals surface area contributed by atoms with Gasteiger partial charge in [-0.2, -0.15) is 0 Å². The van der Waals surface area contributed by atoms with Crippen LogP contribution in [0.5, 0.6) is 11.5 Å². The first-order valence-electron chi connectivity index (χ1n) is 14.2. The number of piperidine rings is 1. The molecule has 2 heterocycles. The number of phenols is 1. The largest absolute Gasteiger partial charge is 0.504 e. The maximum absolute atomic E-state index is 13.4. The predicted molar refractivity (Wildman–Crippen MR) is 141 cm³/mol. The minimum Gasteiger partial charge on any atom is -0.504 e. The zero-order valence-corrected chi connectivity index (χ0v) is 21.7. The van der Waals surface area contributed by atoms with Crippen LogP contribution in [0.3, 0.4) is 0 Å². The number of amides is 1. The molecular formula is C31H38N2O4. The maximum atomic E-state index is 13.4. The van der Waals surface area contributed by atoms with Gasteiger partial charge >= 0.3 is 0 Å². The average Bonchev–Trinajstić information content (AvgIpc) is 3.64. The van der Waals surface area contributed by atoms with Crippen molar-refractivity contribution in [3.8, 4) is 11.5 Å². The number of ether oxygens (including phenoxy) is 1. The van der Waals surface area contributed by atoms with E-state index in [2.05, 4.69) is 17.0 Å². The molecule has 2 N–H and O–H groups in total. The first kappa shape index (κ1) is 23.5. The quantitative estimate of drug-likeness (QED) is 0.603. The van der Waals surface area contributed by atoms with Crippen molar-refractivity contribution < 1.29 is 19.7 Å². The topological polar surface area (TPSA) is 73.2 Å². The standard InChI is InChI=1S/C31H38N2O4/c1-32(26(35)9-5-8-20-6-3-2-4-7-20)23-14-15-31(36)25-18-22-12-13-24(34)28-27(22)30(31,29(23)37-28)16-17-33(25)19-21-10-11-21/h2-4,6-7,12-13,21,23,25,29,34,36H,5,8-11,14-19H2,1H3/t23-,25-,29+,30+,31-/m1/s1. The van der Waals surface area contributed by atoms with E-state index in [0.29, 0.717) is 25.0 Å². The van der Waals surface area contributed by atoms with Gasteiger partial charge in [-0.3, -0.25) is 9.69 Å². The summed E-state index contributed by atoms with van der Waals surface area (Å²) in [5, 5.41) is 23.4. The molecule has 196 valence electrons. The van der Waals surface area contributed by atoms with Crippen LogP contribution >= 0.6 is 0 Å². The molecule has 6 heteroatoms. The highest BCUT2D eigenvalue weighted by Gasteiger charge is 2.73. The number of likely N-dealkylation sites (tertiary alicyclic amines) is 1. The number of hydrogen-bond donors (Lipinski definition) is 2. The fourth-order valence-electron chi connectivity index (χ4n) is 8.30. The van der Waals surface area contributed by atoms with Gasteiger partial charge in [-0.25, -0.2) is 0 Å². The number of nitrogens with zero attached hydrogens (tertiary/aromatic N) is 2. The summed E-state index contributed by atoms with van der Waals surface area (Å²) in [5.41, 5.74) is 1.98. The minimum atomic E-state index is -0.912. The second-order valence-corrected chi connectivity index (χ2v) is 12.2. The van der Waals surface area contributed by atoms with Crippen LogP contribution in [0, 0.1) is 5.92 Å². The molecule has 2 bridgehead atoms. The Morgan fingerprint density at radius 1 is 1.14 bits per heavy atom. The van der Waals surface area contributed by atoms with Gasteiger partial charge in [0.1, 0.15) is 6.10 Å². The van der Waals surface area contributed by atoms with Crippen LogP contribution in [0.25, 0.3) is 0 Å². The monoisotopic (exact) mass is 502 g/mol. The maximum Gasteiger partial charge on any atom is 0.222 e. The molecule has 3 fully saturated rings. The fraction of sp³-hybridized carbons (Fsp3) is 0.581. The van der Waals surface area contributed by atoms with Crippen LogP contribution in [-0.4, -0.2) is 69.8 Å². The molecule has 5 aliphatic rings. The molecule has 5 atom stereocenters. The summed E-state index contributed by atoms with van der Waals surface area (Å²) in [4.78, 5) is 17.8. The van der Waals surface area contributed by atoms with Crippen molar-refractivity contribution in [1.82, 2.24) is 9.80 Å². The second kappa shape index (κ2) is 8.47. The summed E-state index contributed by atoms with van der Waals surface area (Å²) in [7, 11) is 1.91. The Balaban J connectivity index is 1.18. The lowest BCUT2D eigenvalue weighted by Gasteiger charge is -2.64. The van der Waals surface area contributed by atoms with Gasteiger partial charge in [-0.1, -0.05) is 36.4 Å².